The summed E-state index contributed by atoms with van der Waals surface area (Å²) >= 11 is 1.79. The Labute approximate surface area is 324 Å². The monoisotopic (exact) mass is 732 g/mol. The number of rotatable bonds is 4. The maximum Gasteiger partial charge on any atom is 0.165 e. The number of pyridine rings is 1. The zero-order valence-electron chi connectivity index (χ0n) is 29.8. The third-order valence-electron chi connectivity index (χ3n) is 10.9. The van der Waals surface area contributed by atoms with Gasteiger partial charge in [-0.25, -0.2) is 19.9 Å². The summed E-state index contributed by atoms with van der Waals surface area (Å²) in [6.45, 7) is 0. The van der Waals surface area contributed by atoms with E-state index in [-0.39, 0.29) is 0 Å². The maximum atomic E-state index is 6.39. The molecule has 0 unspecified atom stereocenters. The lowest BCUT2D eigenvalue weighted by atomic mass is 9.94. The van der Waals surface area contributed by atoms with Crippen molar-refractivity contribution in [2.24, 2.45) is 0 Å². The van der Waals surface area contributed by atoms with Gasteiger partial charge in [-0.05, 0) is 51.9 Å². The number of hydrogen-bond acceptors (Lipinski definition) is 6. The molecule has 0 amide bonds. The van der Waals surface area contributed by atoms with E-state index in [1.54, 1.807) is 11.3 Å². The van der Waals surface area contributed by atoms with E-state index in [2.05, 4.69) is 133 Å². The van der Waals surface area contributed by atoms with Crippen LogP contribution in [0.2, 0.25) is 0 Å². The van der Waals surface area contributed by atoms with E-state index < -0.39 is 0 Å². The number of hydrogen-bond donors (Lipinski definition) is 0. The van der Waals surface area contributed by atoms with Gasteiger partial charge in [-0.15, -0.1) is 11.3 Å². The quantitative estimate of drug-likeness (QED) is 0.180. The van der Waals surface area contributed by atoms with E-state index in [0.717, 1.165) is 76.3 Å². The molecule has 6 heteroatoms. The summed E-state index contributed by atoms with van der Waals surface area (Å²) in [7, 11) is 0. The Kier molecular flexibility index (Phi) is 6.73. The number of thiophene rings is 1. The lowest BCUT2D eigenvalue weighted by molar-refractivity contribution is 0.672. The van der Waals surface area contributed by atoms with Crippen LogP contribution in [0.15, 0.2) is 174 Å². The fraction of sp³-hybridized carbons (Fsp3) is 0. The van der Waals surface area contributed by atoms with Gasteiger partial charge in [0.15, 0.2) is 23.1 Å². The van der Waals surface area contributed by atoms with E-state index in [0.29, 0.717) is 17.5 Å². The van der Waals surface area contributed by atoms with E-state index >= 15 is 0 Å². The topological polar surface area (TPSA) is 64.7 Å². The van der Waals surface area contributed by atoms with Crippen LogP contribution in [0, 0.1) is 0 Å². The predicted molar refractivity (Wildman–Crippen MR) is 232 cm³/mol. The summed E-state index contributed by atoms with van der Waals surface area (Å²) in [5, 5.41) is 10.1. The molecule has 12 aromatic rings. The number of nitrogens with zero attached hydrogens (tertiary/aromatic N) is 4. The molecule has 0 atom stereocenters. The van der Waals surface area contributed by atoms with Crippen molar-refractivity contribution in [3.8, 4) is 45.4 Å². The third kappa shape index (κ3) is 4.66. The molecular weight excluding hydrogens is 705 g/mol. The summed E-state index contributed by atoms with van der Waals surface area (Å²) in [4.78, 5) is 21.0. The molecule has 12 rings (SSSR count). The predicted octanol–water partition coefficient (Wildman–Crippen LogP) is 13.7. The van der Waals surface area contributed by atoms with Gasteiger partial charge in [0.1, 0.15) is 11.1 Å². The van der Waals surface area contributed by atoms with E-state index in [9.17, 15) is 0 Å². The van der Waals surface area contributed by atoms with Crippen molar-refractivity contribution in [3.05, 3.63) is 170 Å². The Hall–Kier alpha value is -7.28. The second-order valence-electron chi connectivity index (χ2n) is 14.1. The Morgan fingerprint density at radius 3 is 1.86 bits per heavy atom. The van der Waals surface area contributed by atoms with Gasteiger partial charge in [-0.1, -0.05) is 140 Å². The van der Waals surface area contributed by atoms with Crippen molar-refractivity contribution >= 4 is 85.9 Å². The van der Waals surface area contributed by atoms with Gasteiger partial charge >= 0.3 is 0 Å². The van der Waals surface area contributed by atoms with Gasteiger partial charge in [0.2, 0.25) is 0 Å². The first-order chi connectivity index (χ1) is 27.8. The minimum absolute atomic E-state index is 0.620. The van der Waals surface area contributed by atoms with Gasteiger partial charge in [0.05, 0.1) is 5.69 Å². The largest absolute Gasteiger partial charge is 0.454 e. The first kappa shape index (κ1) is 31.1. The van der Waals surface area contributed by atoms with E-state index in [1.165, 1.54) is 26.2 Å². The summed E-state index contributed by atoms with van der Waals surface area (Å²) in [5.74, 6) is 1.90. The fourth-order valence-electron chi connectivity index (χ4n) is 8.37. The maximum absolute atomic E-state index is 6.39. The molecule has 0 N–H and O–H groups in total. The molecule has 260 valence electrons. The lowest BCUT2D eigenvalue weighted by Crippen LogP contribution is -2.01. The van der Waals surface area contributed by atoms with Crippen molar-refractivity contribution in [1.29, 1.82) is 0 Å². The molecular formula is C50H28N4OS. The van der Waals surface area contributed by atoms with E-state index in [1.807, 2.05) is 36.4 Å². The highest BCUT2D eigenvalue weighted by atomic mass is 32.1. The van der Waals surface area contributed by atoms with Gasteiger partial charge in [0.25, 0.3) is 0 Å². The Morgan fingerprint density at radius 1 is 0.393 bits per heavy atom. The molecule has 0 spiro atoms. The molecule has 0 bridgehead atoms. The van der Waals surface area contributed by atoms with Crippen molar-refractivity contribution in [3.63, 3.8) is 0 Å². The van der Waals surface area contributed by atoms with Gasteiger partial charge in [0, 0.05) is 58.6 Å². The molecule has 0 fully saturated rings. The summed E-state index contributed by atoms with van der Waals surface area (Å²) in [6, 6.07) is 59.0. The van der Waals surface area contributed by atoms with Crippen LogP contribution in [0.3, 0.4) is 0 Å². The van der Waals surface area contributed by atoms with Crippen LogP contribution in [0.5, 0.6) is 0 Å². The van der Waals surface area contributed by atoms with Crippen LogP contribution in [0.25, 0.3) is 120 Å². The molecule has 0 saturated heterocycles. The minimum Gasteiger partial charge on any atom is -0.454 e. The molecule has 4 aromatic heterocycles. The Morgan fingerprint density at radius 2 is 1.02 bits per heavy atom. The number of furan rings is 1. The smallest absolute Gasteiger partial charge is 0.165 e. The number of aromatic nitrogens is 4. The minimum atomic E-state index is 0.620. The first-order valence-electron chi connectivity index (χ1n) is 18.6. The molecule has 0 aliphatic rings. The molecule has 0 radical (unpaired) electrons. The average molecular weight is 733 g/mol. The van der Waals surface area contributed by atoms with Crippen LogP contribution in [-0.4, -0.2) is 19.9 Å². The molecule has 4 heterocycles. The second-order valence-corrected chi connectivity index (χ2v) is 15.2. The van der Waals surface area contributed by atoms with Crippen molar-refractivity contribution in [2.75, 3.05) is 0 Å². The number of para-hydroxylation sites is 1. The van der Waals surface area contributed by atoms with Crippen LogP contribution < -0.4 is 0 Å². The van der Waals surface area contributed by atoms with Gasteiger partial charge < -0.3 is 4.42 Å². The summed E-state index contributed by atoms with van der Waals surface area (Å²) in [6.07, 6.45) is 0. The van der Waals surface area contributed by atoms with Crippen LogP contribution in [-0.2, 0) is 0 Å². The highest BCUT2D eigenvalue weighted by molar-refractivity contribution is 7.26. The lowest BCUT2D eigenvalue weighted by Gasteiger charge is -2.14. The summed E-state index contributed by atoms with van der Waals surface area (Å²) < 4.78 is 8.80. The van der Waals surface area contributed by atoms with E-state index in [4.69, 9.17) is 24.4 Å². The number of benzene rings is 8. The summed E-state index contributed by atoms with van der Waals surface area (Å²) in [5.41, 5.74) is 7.30. The van der Waals surface area contributed by atoms with Crippen molar-refractivity contribution in [1.82, 2.24) is 19.9 Å². The highest BCUT2D eigenvalue weighted by Gasteiger charge is 2.21. The van der Waals surface area contributed by atoms with Crippen LogP contribution in [0.1, 0.15) is 0 Å². The van der Waals surface area contributed by atoms with Crippen molar-refractivity contribution < 1.29 is 4.42 Å². The Balaban J connectivity index is 1.10. The molecule has 0 saturated carbocycles. The standard InChI is InChI=1S/C50H28N4OS/c1-2-14-30(15-3-1)48-52-49(54-50(53-48)40-23-12-22-39-43-31-16-5-4-13-29(31)25-28-42(43)56-47(39)40)37-27-26-35(32-17-6-7-18-33(32)37)44-34-19-8-9-20-36(34)46-45(51-44)38-21-10-11-24-41(38)55-46/h1-28H. The molecule has 5 nitrogen and oxygen atoms in total. The zero-order valence-corrected chi connectivity index (χ0v) is 30.6. The third-order valence-corrected chi connectivity index (χ3v) is 12.1. The second kappa shape index (κ2) is 12.1. The molecule has 56 heavy (non-hydrogen) atoms. The van der Waals surface area contributed by atoms with Gasteiger partial charge in [-0.3, -0.25) is 0 Å². The zero-order chi connectivity index (χ0) is 36.7. The first-order valence-corrected chi connectivity index (χ1v) is 19.5. The van der Waals surface area contributed by atoms with Crippen molar-refractivity contribution in [2.45, 2.75) is 0 Å². The molecule has 8 aromatic carbocycles. The van der Waals surface area contributed by atoms with Crippen LogP contribution in [0.4, 0.5) is 0 Å². The molecule has 0 aliphatic heterocycles. The SMILES string of the molecule is c1ccc(-c2nc(-c3ccc(-c4nc5c6ccccc6oc5c5ccccc45)c4ccccc34)nc(-c3cccc4c3sc3ccc5ccccc5c34)n2)cc1. The fourth-order valence-corrected chi connectivity index (χ4v) is 9.60. The normalized spacial score (nSPS) is 11.9. The van der Waals surface area contributed by atoms with Crippen LogP contribution >= 0.6 is 11.3 Å². The molecule has 0 aliphatic carbocycles. The highest BCUT2D eigenvalue weighted by Crippen LogP contribution is 2.44. The number of fused-ring (bicyclic) bond motifs is 11. The Bertz CT molecular complexity index is 3550. The average Bonchev–Trinajstić information content (AvgIpc) is 3.85. The van der Waals surface area contributed by atoms with Gasteiger partial charge in [-0.2, -0.15) is 0 Å².